The maximum atomic E-state index is 12.5. The summed E-state index contributed by atoms with van der Waals surface area (Å²) in [5.74, 6) is -0.168. The van der Waals surface area contributed by atoms with Gasteiger partial charge in [-0.2, -0.15) is 0 Å². The first-order chi connectivity index (χ1) is 14.2. The van der Waals surface area contributed by atoms with Gasteiger partial charge in [-0.3, -0.25) is 19.4 Å². The van der Waals surface area contributed by atoms with E-state index in [4.69, 9.17) is 33.3 Å². The largest absolute Gasteiger partial charge is 0.493 e. The summed E-state index contributed by atoms with van der Waals surface area (Å²) in [4.78, 5) is 27.5. The van der Waals surface area contributed by atoms with Gasteiger partial charge in [0.25, 0.3) is 11.8 Å². The van der Waals surface area contributed by atoms with Crippen molar-refractivity contribution in [2.75, 3.05) is 21.2 Å². The van der Waals surface area contributed by atoms with Crippen LogP contribution in [0, 0.1) is 3.57 Å². The van der Waals surface area contributed by atoms with Crippen molar-refractivity contribution in [3.63, 3.8) is 0 Å². The molecule has 3 rings (SSSR count). The predicted octanol–water partition coefficient (Wildman–Crippen LogP) is 4.13. The van der Waals surface area contributed by atoms with Crippen LogP contribution in [0.5, 0.6) is 11.5 Å². The third-order valence-corrected chi connectivity index (χ3v) is 6.05. The fraction of sp³-hybridized carbons (Fsp3) is 0.190. The van der Waals surface area contributed by atoms with Gasteiger partial charge in [0.15, 0.2) is 16.6 Å². The lowest BCUT2D eigenvalue weighted by Gasteiger charge is -2.31. The smallest absolute Gasteiger partial charge is 0.265 e. The number of carbonyl (C=O) groups is 2. The molecule has 0 unspecified atom stereocenters. The minimum absolute atomic E-state index is 0.0146. The molecule has 30 heavy (non-hydrogen) atoms. The average Bonchev–Trinajstić information content (AvgIpc) is 2.74. The Morgan fingerprint density at radius 2 is 1.70 bits per heavy atom. The van der Waals surface area contributed by atoms with Crippen LogP contribution < -0.4 is 9.47 Å². The van der Waals surface area contributed by atoms with E-state index in [9.17, 15) is 9.59 Å². The lowest BCUT2D eigenvalue weighted by atomic mass is 10.1. The molecular weight excluding hydrogens is 539 g/mol. The minimum Gasteiger partial charge on any atom is -0.493 e. The molecule has 156 valence electrons. The molecule has 1 aliphatic rings. The average molecular weight is 557 g/mol. The zero-order chi connectivity index (χ0) is 22.0. The van der Waals surface area contributed by atoms with E-state index in [1.807, 2.05) is 24.3 Å². The number of ether oxygens (including phenoxy) is 2. The Morgan fingerprint density at radius 3 is 2.27 bits per heavy atom. The van der Waals surface area contributed by atoms with Gasteiger partial charge in [-0.1, -0.05) is 23.7 Å². The van der Waals surface area contributed by atoms with Crippen LogP contribution in [0.25, 0.3) is 6.08 Å². The summed E-state index contributed by atoms with van der Waals surface area (Å²) in [5, 5.41) is 0.455. The highest BCUT2D eigenvalue weighted by molar-refractivity contribution is 14.1. The van der Waals surface area contributed by atoms with Gasteiger partial charge < -0.3 is 9.47 Å². The fourth-order valence-corrected chi connectivity index (χ4v) is 3.64. The van der Waals surface area contributed by atoms with Crippen LogP contribution in [0.1, 0.15) is 11.1 Å². The molecule has 0 atom stereocenters. The van der Waals surface area contributed by atoms with Gasteiger partial charge in [0.05, 0.1) is 12.1 Å². The summed E-state index contributed by atoms with van der Waals surface area (Å²) >= 11 is 13.8. The Balaban J connectivity index is 1.90. The second-order valence-corrected chi connectivity index (χ2v) is 8.54. The van der Waals surface area contributed by atoms with Crippen molar-refractivity contribution in [2.24, 2.45) is 0 Å². The lowest BCUT2D eigenvalue weighted by molar-refractivity contribution is -0.132. The highest BCUT2D eigenvalue weighted by Crippen LogP contribution is 2.38. The van der Waals surface area contributed by atoms with Gasteiger partial charge in [0.2, 0.25) is 0 Å². The number of carbonyl (C=O) groups excluding carboxylic acids is 2. The Labute approximate surface area is 198 Å². The number of halogens is 2. The molecule has 2 aromatic carbocycles. The topological polar surface area (TPSA) is 59.1 Å². The van der Waals surface area contributed by atoms with Crippen LogP contribution in [0.4, 0.5) is 0 Å². The number of amides is 2. The van der Waals surface area contributed by atoms with E-state index in [-0.39, 0.29) is 10.7 Å². The number of methoxy groups -OCH3 is 1. The molecule has 0 N–H and O–H groups in total. The Morgan fingerprint density at radius 1 is 1.10 bits per heavy atom. The van der Waals surface area contributed by atoms with Crippen molar-refractivity contribution in [2.45, 2.75) is 6.61 Å². The highest BCUT2D eigenvalue weighted by atomic mass is 127. The first-order valence-electron chi connectivity index (χ1n) is 8.79. The quantitative estimate of drug-likeness (QED) is 0.240. The first kappa shape index (κ1) is 22.5. The Kier molecular flexibility index (Phi) is 6.99. The normalized spacial score (nSPS) is 14.3. The number of likely N-dealkylation sites (N-methyl/N-ethyl adjacent to an activating group) is 2. The highest BCUT2D eigenvalue weighted by Gasteiger charge is 2.35. The summed E-state index contributed by atoms with van der Waals surface area (Å²) < 4.78 is 12.4. The molecule has 2 aromatic rings. The van der Waals surface area contributed by atoms with Crippen LogP contribution in [0.15, 0.2) is 42.0 Å². The van der Waals surface area contributed by atoms with Crippen LogP contribution in [0.3, 0.4) is 0 Å². The summed E-state index contributed by atoms with van der Waals surface area (Å²) in [7, 11) is 4.55. The standard InChI is InChI=1S/C21H18ClIN2O4S/c1-24-19(26)15(20(27)25(2)21(24)30)8-13-9-16(22)18(17(10-13)28-3)29-11-12-4-6-14(23)7-5-12/h4-10H,11H2,1-3H3. The summed E-state index contributed by atoms with van der Waals surface area (Å²) in [6.07, 6.45) is 1.47. The molecule has 2 amide bonds. The minimum atomic E-state index is -0.475. The van der Waals surface area contributed by atoms with Crippen molar-refractivity contribution in [1.82, 2.24) is 9.80 Å². The maximum Gasteiger partial charge on any atom is 0.265 e. The van der Waals surface area contributed by atoms with Gasteiger partial charge >= 0.3 is 0 Å². The van der Waals surface area contributed by atoms with E-state index >= 15 is 0 Å². The molecule has 6 nitrogen and oxygen atoms in total. The third kappa shape index (κ3) is 4.60. The molecule has 1 heterocycles. The molecule has 0 spiro atoms. The molecule has 0 aliphatic carbocycles. The molecular formula is C21H18ClIN2O4S. The number of nitrogens with zero attached hydrogens (tertiary/aromatic N) is 2. The lowest BCUT2D eigenvalue weighted by Crippen LogP contribution is -2.52. The SMILES string of the molecule is COc1cc(C=C2C(=O)N(C)C(=S)N(C)C2=O)cc(Cl)c1OCc1ccc(I)cc1. The first-order valence-corrected chi connectivity index (χ1v) is 10.7. The molecule has 0 radical (unpaired) electrons. The zero-order valence-electron chi connectivity index (χ0n) is 16.4. The maximum absolute atomic E-state index is 12.5. The molecule has 1 fully saturated rings. The molecule has 1 aliphatic heterocycles. The zero-order valence-corrected chi connectivity index (χ0v) is 20.2. The Bertz CT molecular complexity index is 1030. The number of hydrogen-bond acceptors (Lipinski definition) is 5. The van der Waals surface area contributed by atoms with E-state index in [1.54, 1.807) is 12.1 Å². The third-order valence-electron chi connectivity index (χ3n) is 4.50. The van der Waals surface area contributed by atoms with Crippen LogP contribution in [0.2, 0.25) is 5.02 Å². The van der Waals surface area contributed by atoms with Crippen molar-refractivity contribution in [3.05, 3.63) is 61.7 Å². The molecule has 0 aromatic heterocycles. The second kappa shape index (κ2) is 9.32. The van der Waals surface area contributed by atoms with Crippen molar-refractivity contribution in [1.29, 1.82) is 0 Å². The van der Waals surface area contributed by atoms with Gasteiger partial charge in [-0.25, -0.2) is 0 Å². The van der Waals surface area contributed by atoms with Gasteiger partial charge in [0.1, 0.15) is 12.2 Å². The summed E-state index contributed by atoms with van der Waals surface area (Å²) in [5.41, 5.74) is 1.50. The van der Waals surface area contributed by atoms with Crippen molar-refractivity contribution >= 4 is 69.4 Å². The number of thiocarbonyl (C=S) groups is 1. The van der Waals surface area contributed by atoms with E-state index < -0.39 is 11.8 Å². The van der Waals surface area contributed by atoms with Gasteiger partial charge in [-0.05, 0) is 76.3 Å². The van der Waals surface area contributed by atoms with E-state index in [1.165, 1.54) is 37.1 Å². The summed E-state index contributed by atoms with van der Waals surface area (Å²) in [6.45, 7) is 0.317. The fourth-order valence-electron chi connectivity index (χ4n) is 2.84. The van der Waals surface area contributed by atoms with Gasteiger partial charge in [-0.15, -0.1) is 0 Å². The monoisotopic (exact) mass is 556 g/mol. The predicted molar refractivity (Wildman–Crippen MR) is 128 cm³/mol. The number of hydrogen-bond donors (Lipinski definition) is 0. The van der Waals surface area contributed by atoms with Crippen LogP contribution in [-0.2, 0) is 16.2 Å². The molecule has 9 heteroatoms. The van der Waals surface area contributed by atoms with Crippen molar-refractivity contribution in [3.8, 4) is 11.5 Å². The number of rotatable bonds is 5. The summed E-state index contributed by atoms with van der Waals surface area (Å²) in [6, 6.07) is 11.2. The van der Waals surface area contributed by atoms with Crippen molar-refractivity contribution < 1.29 is 19.1 Å². The Hall–Kier alpha value is -2.17. The van der Waals surface area contributed by atoms with Crippen LogP contribution in [-0.4, -0.2) is 47.9 Å². The second-order valence-electron chi connectivity index (χ2n) is 6.52. The molecule has 0 saturated carbocycles. The molecule has 0 bridgehead atoms. The molecule has 1 saturated heterocycles. The number of benzene rings is 2. The van der Waals surface area contributed by atoms with E-state index in [2.05, 4.69) is 22.6 Å². The van der Waals surface area contributed by atoms with Crippen LogP contribution >= 0.6 is 46.4 Å². The van der Waals surface area contributed by atoms with E-state index in [0.717, 1.165) is 9.13 Å². The van der Waals surface area contributed by atoms with Gasteiger partial charge in [0, 0.05) is 17.7 Å². The van der Waals surface area contributed by atoms with E-state index in [0.29, 0.717) is 28.7 Å².